The lowest BCUT2D eigenvalue weighted by molar-refractivity contribution is -0.577. The van der Waals surface area contributed by atoms with Crippen LogP contribution in [-0.4, -0.2) is 17.7 Å². The summed E-state index contributed by atoms with van der Waals surface area (Å²) in [5, 5.41) is 14.8. The molecule has 2 aromatic rings. The lowest BCUT2D eigenvalue weighted by Gasteiger charge is -2.04. The first-order valence-corrected chi connectivity index (χ1v) is 6.64. The number of nitrogens with two attached hydrogens (primary N) is 1. The Balaban J connectivity index is 2.03. The van der Waals surface area contributed by atoms with E-state index in [2.05, 4.69) is 11.7 Å². The SMILES string of the molecule is C=CCOc1ccccc1[NH2+]/N=C\c1ccc([N+](=O)[O-])cc1. The van der Waals surface area contributed by atoms with E-state index in [4.69, 9.17) is 4.74 Å². The van der Waals surface area contributed by atoms with Crippen LogP contribution >= 0.6 is 0 Å². The van der Waals surface area contributed by atoms with E-state index >= 15 is 0 Å². The van der Waals surface area contributed by atoms with Crippen molar-refractivity contribution in [2.75, 3.05) is 6.61 Å². The minimum absolute atomic E-state index is 0.0595. The van der Waals surface area contributed by atoms with E-state index in [0.29, 0.717) is 6.61 Å². The summed E-state index contributed by atoms with van der Waals surface area (Å²) in [7, 11) is 0. The van der Waals surface area contributed by atoms with Gasteiger partial charge in [0, 0.05) is 18.2 Å². The summed E-state index contributed by atoms with van der Waals surface area (Å²) in [5.74, 6) is 0.725. The van der Waals surface area contributed by atoms with Gasteiger partial charge in [-0.3, -0.25) is 10.1 Å². The number of quaternary nitrogens is 1. The average molecular weight is 298 g/mol. The van der Waals surface area contributed by atoms with Crippen LogP contribution < -0.4 is 10.2 Å². The number of rotatable bonds is 7. The molecule has 2 aromatic carbocycles. The van der Waals surface area contributed by atoms with Gasteiger partial charge in [0.1, 0.15) is 6.61 Å². The molecule has 0 aliphatic heterocycles. The fourth-order valence-electron chi connectivity index (χ4n) is 1.75. The Morgan fingerprint density at radius 1 is 1.23 bits per heavy atom. The van der Waals surface area contributed by atoms with Crippen molar-refractivity contribution in [2.24, 2.45) is 5.10 Å². The number of para-hydroxylation sites is 1. The molecule has 112 valence electrons. The second kappa shape index (κ2) is 7.70. The third-order valence-corrected chi connectivity index (χ3v) is 2.82. The topological polar surface area (TPSA) is 81.3 Å². The van der Waals surface area contributed by atoms with Crippen molar-refractivity contribution in [3.05, 3.63) is 76.9 Å². The average Bonchev–Trinajstić information content (AvgIpc) is 2.54. The van der Waals surface area contributed by atoms with Gasteiger partial charge in [-0.05, 0) is 23.8 Å². The highest BCUT2D eigenvalue weighted by molar-refractivity contribution is 5.79. The van der Waals surface area contributed by atoms with Gasteiger partial charge in [0.05, 0.1) is 11.1 Å². The Morgan fingerprint density at radius 2 is 1.95 bits per heavy atom. The highest BCUT2D eigenvalue weighted by Crippen LogP contribution is 2.18. The Labute approximate surface area is 127 Å². The van der Waals surface area contributed by atoms with Crippen LogP contribution in [-0.2, 0) is 0 Å². The first-order chi connectivity index (χ1) is 10.7. The molecule has 2 rings (SSSR count). The van der Waals surface area contributed by atoms with Gasteiger partial charge in [0.25, 0.3) is 5.69 Å². The molecule has 0 aliphatic carbocycles. The molecule has 0 amide bonds. The van der Waals surface area contributed by atoms with Gasteiger partial charge < -0.3 is 4.74 Å². The summed E-state index contributed by atoms with van der Waals surface area (Å²) in [4.78, 5) is 10.1. The van der Waals surface area contributed by atoms with Gasteiger partial charge in [-0.25, -0.2) is 0 Å². The maximum Gasteiger partial charge on any atom is 0.269 e. The molecule has 0 fully saturated rings. The summed E-state index contributed by atoms with van der Waals surface area (Å²) >= 11 is 0. The molecule has 0 radical (unpaired) electrons. The molecule has 0 spiro atoms. The van der Waals surface area contributed by atoms with Crippen LogP contribution in [0.15, 0.2) is 66.3 Å². The summed E-state index contributed by atoms with van der Waals surface area (Å²) in [6.45, 7) is 4.04. The van der Waals surface area contributed by atoms with E-state index in [1.165, 1.54) is 12.1 Å². The minimum Gasteiger partial charge on any atom is -0.483 e. The van der Waals surface area contributed by atoms with E-state index in [9.17, 15) is 10.1 Å². The van der Waals surface area contributed by atoms with E-state index in [0.717, 1.165) is 17.0 Å². The zero-order chi connectivity index (χ0) is 15.8. The van der Waals surface area contributed by atoms with Gasteiger partial charge in [-0.1, -0.05) is 29.9 Å². The maximum atomic E-state index is 10.6. The molecule has 0 aliphatic rings. The van der Waals surface area contributed by atoms with Crippen LogP contribution in [0.3, 0.4) is 0 Å². The smallest absolute Gasteiger partial charge is 0.269 e. The number of benzene rings is 2. The van der Waals surface area contributed by atoms with Gasteiger partial charge in [0.2, 0.25) is 0 Å². The molecule has 6 heteroatoms. The molecule has 0 atom stereocenters. The Hall–Kier alpha value is -2.99. The van der Waals surface area contributed by atoms with E-state index in [1.54, 1.807) is 29.8 Å². The molecule has 0 heterocycles. The third-order valence-electron chi connectivity index (χ3n) is 2.82. The predicted molar refractivity (Wildman–Crippen MR) is 84.4 cm³/mol. The fourth-order valence-corrected chi connectivity index (χ4v) is 1.75. The van der Waals surface area contributed by atoms with E-state index in [1.807, 2.05) is 24.3 Å². The molecular weight excluding hydrogens is 282 g/mol. The molecule has 0 aromatic heterocycles. The normalized spacial score (nSPS) is 10.5. The lowest BCUT2D eigenvalue weighted by atomic mass is 10.2. The van der Waals surface area contributed by atoms with Crippen molar-refractivity contribution >= 4 is 17.6 Å². The molecule has 22 heavy (non-hydrogen) atoms. The largest absolute Gasteiger partial charge is 0.483 e. The van der Waals surface area contributed by atoms with Crippen molar-refractivity contribution in [1.29, 1.82) is 0 Å². The monoisotopic (exact) mass is 298 g/mol. The third kappa shape index (κ3) is 4.26. The number of nitrogens with zero attached hydrogens (tertiary/aromatic N) is 2. The molecule has 0 saturated carbocycles. The van der Waals surface area contributed by atoms with E-state index in [-0.39, 0.29) is 5.69 Å². The zero-order valence-electron chi connectivity index (χ0n) is 11.9. The van der Waals surface area contributed by atoms with Gasteiger partial charge in [-0.15, -0.1) is 0 Å². The second-order valence-electron chi connectivity index (χ2n) is 4.39. The van der Waals surface area contributed by atoms with Gasteiger partial charge >= 0.3 is 0 Å². The van der Waals surface area contributed by atoms with Crippen molar-refractivity contribution in [1.82, 2.24) is 0 Å². The van der Waals surface area contributed by atoms with Gasteiger partial charge in [-0.2, -0.15) is 5.43 Å². The molecule has 0 bridgehead atoms. The van der Waals surface area contributed by atoms with Crippen LogP contribution in [0.1, 0.15) is 5.56 Å². The summed E-state index contributed by atoms with van der Waals surface area (Å²) in [6.07, 6.45) is 3.31. The molecule has 6 nitrogen and oxygen atoms in total. The summed E-state index contributed by atoms with van der Waals surface area (Å²) in [5.41, 5.74) is 3.37. The quantitative estimate of drug-likeness (QED) is 0.213. The highest BCUT2D eigenvalue weighted by Gasteiger charge is 2.05. The molecule has 0 unspecified atom stereocenters. The number of hydrogen-bond acceptors (Lipinski definition) is 4. The van der Waals surface area contributed by atoms with Crippen LogP contribution in [0, 0.1) is 10.1 Å². The fraction of sp³-hybridized carbons (Fsp3) is 0.0625. The van der Waals surface area contributed by atoms with Crippen LogP contribution in [0.25, 0.3) is 0 Å². The zero-order valence-corrected chi connectivity index (χ0v) is 11.9. The minimum atomic E-state index is -0.430. The van der Waals surface area contributed by atoms with Crippen molar-refractivity contribution in [3.63, 3.8) is 0 Å². The standard InChI is InChI=1S/C16H15N3O3/c1-2-11-22-16-6-4-3-5-15(16)18-17-12-13-7-9-14(10-8-13)19(20)21/h2-10,12,18H,1,11H2/p+1/b17-12-. The Kier molecular flexibility index (Phi) is 5.39. The summed E-state index contributed by atoms with van der Waals surface area (Å²) in [6, 6.07) is 13.7. The van der Waals surface area contributed by atoms with E-state index < -0.39 is 4.92 Å². The van der Waals surface area contributed by atoms with Crippen LogP contribution in [0.2, 0.25) is 0 Å². The molecule has 2 N–H and O–H groups in total. The highest BCUT2D eigenvalue weighted by atomic mass is 16.6. The Morgan fingerprint density at radius 3 is 2.64 bits per heavy atom. The summed E-state index contributed by atoms with van der Waals surface area (Å²) < 4.78 is 5.53. The number of hydrogen-bond donors (Lipinski definition) is 1. The van der Waals surface area contributed by atoms with Crippen molar-refractivity contribution < 1.29 is 15.1 Å². The lowest BCUT2D eigenvalue weighted by Crippen LogP contribution is -2.71. The molecular formula is C16H16N3O3+. The van der Waals surface area contributed by atoms with Crippen molar-refractivity contribution in [2.45, 2.75) is 0 Å². The molecule has 0 saturated heterocycles. The number of nitro groups is 1. The van der Waals surface area contributed by atoms with Gasteiger partial charge in [0.15, 0.2) is 11.4 Å². The number of nitro benzene ring substituents is 1. The Bertz CT molecular complexity index is 681. The maximum absolute atomic E-state index is 10.6. The van der Waals surface area contributed by atoms with Crippen LogP contribution in [0.4, 0.5) is 11.4 Å². The van der Waals surface area contributed by atoms with Crippen molar-refractivity contribution in [3.8, 4) is 5.75 Å². The second-order valence-corrected chi connectivity index (χ2v) is 4.39. The first-order valence-electron chi connectivity index (χ1n) is 6.64. The first kappa shape index (κ1) is 15.4. The predicted octanol–water partition coefficient (Wildman–Crippen LogP) is 2.39. The number of non-ortho nitro benzene ring substituents is 1. The number of ether oxygens (including phenoxy) is 1. The van der Waals surface area contributed by atoms with Crippen LogP contribution in [0.5, 0.6) is 5.75 Å².